The van der Waals surface area contributed by atoms with Crippen LogP contribution in [0, 0.1) is 0 Å². The van der Waals surface area contributed by atoms with Gasteiger partial charge < -0.3 is 18.9 Å². The summed E-state index contributed by atoms with van der Waals surface area (Å²) >= 11 is 0. The van der Waals surface area contributed by atoms with Crippen LogP contribution in [0.15, 0.2) is 0 Å². The molecule has 0 aliphatic carbocycles. The van der Waals surface area contributed by atoms with Crippen LogP contribution in [0.4, 0.5) is 9.59 Å². The Kier molecular flexibility index (Phi) is 3.90. The number of hydrogen-bond acceptors (Lipinski definition) is 7. The fraction of sp³-hybridized carbons (Fsp3) is 0.625. The molecule has 1 rings (SSSR count). The second-order valence-electron chi connectivity index (χ2n) is 2.69. The first kappa shape index (κ1) is 11.3. The van der Waals surface area contributed by atoms with Crippen LogP contribution < -0.4 is 0 Å². The third-order valence-corrected chi connectivity index (χ3v) is 1.52. The van der Waals surface area contributed by atoms with E-state index in [1.54, 1.807) is 6.92 Å². The Morgan fingerprint density at radius 1 is 1.53 bits per heavy atom. The van der Waals surface area contributed by atoms with Crippen LogP contribution >= 0.6 is 0 Å². The van der Waals surface area contributed by atoms with E-state index < -0.39 is 24.4 Å². The van der Waals surface area contributed by atoms with E-state index >= 15 is 0 Å². The van der Waals surface area contributed by atoms with Gasteiger partial charge in [0.05, 0.1) is 0 Å². The standard InChI is InChI=1S/C8H10O7/c1-2-6(9)15-8(11)13-4-5-3-12-7(10)14-5/h5H,2-4H2,1H3. The van der Waals surface area contributed by atoms with Crippen molar-refractivity contribution in [3.8, 4) is 0 Å². The Balaban J connectivity index is 2.17. The third-order valence-electron chi connectivity index (χ3n) is 1.52. The summed E-state index contributed by atoms with van der Waals surface area (Å²) in [6.45, 7) is 1.37. The van der Waals surface area contributed by atoms with Gasteiger partial charge in [0.2, 0.25) is 0 Å². The van der Waals surface area contributed by atoms with Crippen LogP contribution in [0.1, 0.15) is 13.3 Å². The first-order valence-electron chi connectivity index (χ1n) is 4.32. The van der Waals surface area contributed by atoms with Gasteiger partial charge in [-0.15, -0.1) is 0 Å². The fourth-order valence-electron chi connectivity index (χ4n) is 0.803. The van der Waals surface area contributed by atoms with Crippen LogP contribution in [0.5, 0.6) is 0 Å². The summed E-state index contributed by atoms with van der Waals surface area (Å²) in [6.07, 6.45) is -2.47. The van der Waals surface area contributed by atoms with Gasteiger partial charge in [-0.05, 0) is 0 Å². The van der Waals surface area contributed by atoms with Gasteiger partial charge in [-0.25, -0.2) is 9.59 Å². The van der Waals surface area contributed by atoms with Gasteiger partial charge in [0.15, 0.2) is 6.10 Å². The van der Waals surface area contributed by atoms with Crippen molar-refractivity contribution in [2.75, 3.05) is 13.2 Å². The Hall–Kier alpha value is -1.79. The molecular weight excluding hydrogens is 208 g/mol. The van der Waals surface area contributed by atoms with Gasteiger partial charge in [-0.3, -0.25) is 4.79 Å². The topological polar surface area (TPSA) is 88.1 Å². The molecule has 0 N–H and O–H groups in total. The van der Waals surface area contributed by atoms with Gasteiger partial charge in [0.1, 0.15) is 13.2 Å². The van der Waals surface area contributed by atoms with Crippen LogP contribution in [0.3, 0.4) is 0 Å². The van der Waals surface area contributed by atoms with Gasteiger partial charge in [-0.2, -0.15) is 0 Å². The molecule has 0 aromatic heterocycles. The van der Waals surface area contributed by atoms with E-state index in [0.717, 1.165) is 0 Å². The van der Waals surface area contributed by atoms with Gasteiger partial charge in [-0.1, -0.05) is 6.92 Å². The van der Waals surface area contributed by atoms with Gasteiger partial charge in [0, 0.05) is 6.42 Å². The second kappa shape index (κ2) is 5.18. The normalized spacial score (nSPS) is 19.0. The van der Waals surface area contributed by atoms with Crippen molar-refractivity contribution < 1.29 is 33.3 Å². The summed E-state index contributed by atoms with van der Waals surface area (Å²) in [5, 5.41) is 0. The minimum atomic E-state index is -1.11. The van der Waals surface area contributed by atoms with E-state index in [2.05, 4.69) is 18.9 Å². The van der Waals surface area contributed by atoms with E-state index in [1.165, 1.54) is 0 Å². The van der Waals surface area contributed by atoms with Crippen LogP contribution in [0.2, 0.25) is 0 Å². The monoisotopic (exact) mass is 218 g/mol. The zero-order valence-electron chi connectivity index (χ0n) is 8.06. The minimum Gasteiger partial charge on any atom is -0.430 e. The molecule has 0 aromatic carbocycles. The molecule has 1 heterocycles. The van der Waals surface area contributed by atoms with Crippen molar-refractivity contribution in [3.05, 3.63) is 0 Å². The maximum absolute atomic E-state index is 10.8. The average Bonchev–Trinajstić information content (AvgIpc) is 2.61. The molecular formula is C8H10O7. The van der Waals surface area contributed by atoms with Crippen molar-refractivity contribution in [3.63, 3.8) is 0 Å². The number of esters is 1. The number of cyclic esters (lactones) is 2. The predicted molar refractivity (Wildman–Crippen MR) is 44.0 cm³/mol. The summed E-state index contributed by atoms with van der Waals surface area (Å²) in [5.74, 6) is -0.681. The Morgan fingerprint density at radius 3 is 2.80 bits per heavy atom. The Bertz CT molecular complexity index is 272. The molecule has 0 aromatic rings. The fourth-order valence-corrected chi connectivity index (χ4v) is 0.803. The van der Waals surface area contributed by atoms with Crippen molar-refractivity contribution in [2.45, 2.75) is 19.4 Å². The second-order valence-corrected chi connectivity index (χ2v) is 2.69. The highest BCUT2D eigenvalue weighted by atomic mass is 16.8. The number of carbonyl (C=O) groups excluding carboxylic acids is 3. The Labute approximate surface area is 85.2 Å². The lowest BCUT2D eigenvalue weighted by Gasteiger charge is -2.06. The summed E-state index contributed by atoms with van der Waals surface area (Å²) in [7, 11) is 0. The molecule has 1 unspecified atom stereocenters. The van der Waals surface area contributed by atoms with Crippen LogP contribution in [0.25, 0.3) is 0 Å². The highest BCUT2D eigenvalue weighted by Gasteiger charge is 2.26. The number of carbonyl (C=O) groups is 3. The molecule has 7 nitrogen and oxygen atoms in total. The van der Waals surface area contributed by atoms with Crippen molar-refractivity contribution >= 4 is 18.3 Å². The molecule has 84 valence electrons. The number of hydrogen-bond donors (Lipinski definition) is 0. The van der Waals surface area contributed by atoms with E-state index in [4.69, 9.17) is 0 Å². The van der Waals surface area contributed by atoms with E-state index in [0.29, 0.717) is 0 Å². The smallest absolute Gasteiger partial charge is 0.430 e. The molecule has 7 heteroatoms. The molecule has 1 saturated heterocycles. The lowest BCUT2D eigenvalue weighted by atomic mass is 10.4. The minimum absolute atomic E-state index is 0.0217. The summed E-state index contributed by atoms with van der Waals surface area (Å²) in [6, 6.07) is 0. The summed E-state index contributed by atoms with van der Waals surface area (Å²) < 4.78 is 17.7. The molecule has 15 heavy (non-hydrogen) atoms. The zero-order valence-corrected chi connectivity index (χ0v) is 8.06. The number of ether oxygens (including phenoxy) is 4. The van der Waals surface area contributed by atoms with Crippen LogP contribution in [-0.2, 0) is 23.7 Å². The molecule has 0 spiro atoms. The summed E-state index contributed by atoms with van der Waals surface area (Å²) in [5.41, 5.74) is 0. The van der Waals surface area contributed by atoms with Crippen molar-refractivity contribution in [1.82, 2.24) is 0 Å². The van der Waals surface area contributed by atoms with E-state index in [1.807, 2.05) is 0 Å². The van der Waals surface area contributed by atoms with Crippen LogP contribution in [-0.4, -0.2) is 37.6 Å². The maximum Gasteiger partial charge on any atom is 0.516 e. The third kappa shape index (κ3) is 3.84. The highest BCUT2D eigenvalue weighted by molar-refractivity contribution is 5.81. The average molecular weight is 218 g/mol. The van der Waals surface area contributed by atoms with E-state index in [9.17, 15) is 14.4 Å². The molecule has 0 amide bonds. The summed E-state index contributed by atoms with van der Waals surface area (Å²) in [4.78, 5) is 31.9. The number of rotatable bonds is 3. The quantitative estimate of drug-likeness (QED) is 0.506. The maximum atomic E-state index is 10.8. The first-order chi connectivity index (χ1) is 7.11. The zero-order chi connectivity index (χ0) is 11.3. The molecule has 0 saturated carbocycles. The first-order valence-corrected chi connectivity index (χ1v) is 4.32. The molecule has 0 radical (unpaired) electrons. The van der Waals surface area contributed by atoms with E-state index in [-0.39, 0.29) is 19.6 Å². The molecule has 1 aliphatic heterocycles. The lowest BCUT2D eigenvalue weighted by Crippen LogP contribution is -2.22. The van der Waals surface area contributed by atoms with Gasteiger partial charge >= 0.3 is 18.3 Å². The lowest BCUT2D eigenvalue weighted by molar-refractivity contribution is -0.139. The predicted octanol–water partition coefficient (Wildman–Crippen LogP) is 0.612. The van der Waals surface area contributed by atoms with Gasteiger partial charge in [0.25, 0.3) is 0 Å². The highest BCUT2D eigenvalue weighted by Crippen LogP contribution is 2.06. The molecule has 1 atom stereocenters. The Morgan fingerprint density at radius 2 is 2.27 bits per heavy atom. The molecule has 0 bridgehead atoms. The molecule has 1 fully saturated rings. The van der Waals surface area contributed by atoms with Crippen molar-refractivity contribution in [2.24, 2.45) is 0 Å². The van der Waals surface area contributed by atoms with Crippen molar-refractivity contribution in [1.29, 1.82) is 0 Å². The largest absolute Gasteiger partial charge is 0.516 e. The molecule has 1 aliphatic rings. The SMILES string of the molecule is CCC(=O)OC(=O)OCC1COC(=O)O1.